The first-order chi connectivity index (χ1) is 15.1. The molecular weight excluding hydrogens is 394 g/mol. The van der Waals surface area contributed by atoms with Gasteiger partial charge in [-0.1, -0.05) is 18.2 Å². The number of carbonyl (C=O) groups is 3. The van der Waals surface area contributed by atoms with E-state index >= 15 is 0 Å². The minimum Gasteiger partial charge on any atom is -0.494 e. The van der Waals surface area contributed by atoms with Crippen LogP contribution >= 0.6 is 0 Å². The Balaban J connectivity index is 1.59. The van der Waals surface area contributed by atoms with Gasteiger partial charge in [-0.3, -0.25) is 14.9 Å². The fourth-order valence-electron chi connectivity index (χ4n) is 3.87. The number of ether oxygens (including phenoxy) is 1. The second kappa shape index (κ2) is 9.04. The van der Waals surface area contributed by atoms with Crippen LogP contribution in [0.5, 0.6) is 5.75 Å². The number of barbiturate groups is 1. The number of hydrogen-bond donors (Lipinski definition) is 1. The van der Waals surface area contributed by atoms with Gasteiger partial charge in [0.1, 0.15) is 11.3 Å². The normalized spacial score (nSPS) is 18.4. The van der Waals surface area contributed by atoms with Crippen molar-refractivity contribution in [1.82, 2.24) is 5.32 Å². The molecule has 2 fully saturated rings. The van der Waals surface area contributed by atoms with Crippen molar-refractivity contribution in [2.45, 2.75) is 26.2 Å². The van der Waals surface area contributed by atoms with E-state index < -0.39 is 17.8 Å². The first kappa shape index (κ1) is 20.7. The first-order valence-electron chi connectivity index (χ1n) is 10.6. The van der Waals surface area contributed by atoms with Gasteiger partial charge in [-0.2, -0.15) is 0 Å². The molecule has 2 aromatic carbocycles. The third-order valence-corrected chi connectivity index (χ3v) is 5.41. The first-order valence-corrected chi connectivity index (χ1v) is 10.6. The molecule has 4 amide bonds. The fourth-order valence-corrected chi connectivity index (χ4v) is 3.87. The zero-order valence-electron chi connectivity index (χ0n) is 17.5. The smallest absolute Gasteiger partial charge is 0.335 e. The molecule has 0 atom stereocenters. The van der Waals surface area contributed by atoms with Crippen LogP contribution in [0, 0.1) is 0 Å². The lowest BCUT2D eigenvalue weighted by atomic mass is 10.1. The van der Waals surface area contributed by atoms with Gasteiger partial charge < -0.3 is 9.64 Å². The Labute approximate surface area is 181 Å². The summed E-state index contributed by atoms with van der Waals surface area (Å²) in [7, 11) is 0. The average molecular weight is 419 g/mol. The standard InChI is InChI=1S/C24H25N3O4/c1-2-31-20-8-6-7-19(16-20)27-23(29)21(22(28)25-24(27)30)15-17-9-11-18(12-10-17)26-13-4-3-5-14-26/h6-12,15-16H,2-5,13-14H2,1H3,(H,25,28,30)/b21-15-. The minimum atomic E-state index is -0.777. The molecule has 2 aromatic rings. The molecule has 2 heterocycles. The molecule has 0 bridgehead atoms. The summed E-state index contributed by atoms with van der Waals surface area (Å²) in [6, 6.07) is 13.6. The van der Waals surface area contributed by atoms with Crippen molar-refractivity contribution >= 4 is 35.3 Å². The molecule has 31 heavy (non-hydrogen) atoms. The van der Waals surface area contributed by atoms with Crippen LogP contribution in [0.4, 0.5) is 16.2 Å². The molecule has 0 aliphatic carbocycles. The Hall–Kier alpha value is -3.61. The molecular formula is C24H25N3O4. The van der Waals surface area contributed by atoms with Crippen molar-refractivity contribution < 1.29 is 19.1 Å². The predicted molar refractivity (Wildman–Crippen MR) is 119 cm³/mol. The quantitative estimate of drug-likeness (QED) is 0.590. The van der Waals surface area contributed by atoms with Crippen LogP contribution in [0.15, 0.2) is 54.1 Å². The lowest BCUT2D eigenvalue weighted by Gasteiger charge is -2.29. The maximum absolute atomic E-state index is 13.1. The van der Waals surface area contributed by atoms with Gasteiger partial charge in [-0.15, -0.1) is 0 Å². The number of amides is 4. The van der Waals surface area contributed by atoms with E-state index in [2.05, 4.69) is 10.2 Å². The highest BCUT2D eigenvalue weighted by Gasteiger charge is 2.36. The fraction of sp³-hybridized carbons (Fsp3) is 0.292. The Morgan fingerprint density at radius 1 is 0.968 bits per heavy atom. The number of hydrogen-bond acceptors (Lipinski definition) is 5. The average Bonchev–Trinajstić information content (AvgIpc) is 2.78. The van der Waals surface area contributed by atoms with Gasteiger partial charge in [0.25, 0.3) is 11.8 Å². The third-order valence-electron chi connectivity index (χ3n) is 5.41. The van der Waals surface area contributed by atoms with Crippen molar-refractivity contribution in [3.8, 4) is 5.75 Å². The minimum absolute atomic E-state index is 0.0906. The molecule has 0 unspecified atom stereocenters. The summed E-state index contributed by atoms with van der Waals surface area (Å²) in [5, 5.41) is 2.25. The molecule has 2 saturated heterocycles. The molecule has 7 heteroatoms. The van der Waals surface area contributed by atoms with E-state index in [1.165, 1.54) is 25.3 Å². The third kappa shape index (κ3) is 4.45. The molecule has 2 aliphatic rings. The number of imide groups is 2. The Kier molecular flexibility index (Phi) is 6.02. The number of benzene rings is 2. The van der Waals surface area contributed by atoms with E-state index in [0.717, 1.165) is 29.2 Å². The van der Waals surface area contributed by atoms with Crippen molar-refractivity contribution in [2.24, 2.45) is 0 Å². The van der Waals surface area contributed by atoms with Gasteiger partial charge in [0.15, 0.2) is 0 Å². The summed E-state index contributed by atoms with van der Waals surface area (Å²) in [4.78, 5) is 41.2. The van der Waals surface area contributed by atoms with Gasteiger partial charge in [-0.05, 0) is 62.1 Å². The maximum atomic E-state index is 13.1. The summed E-state index contributed by atoms with van der Waals surface area (Å²) in [6.45, 7) is 4.39. The van der Waals surface area contributed by atoms with Crippen molar-refractivity contribution in [1.29, 1.82) is 0 Å². The number of anilines is 2. The molecule has 0 aromatic heterocycles. The molecule has 160 valence electrons. The Bertz CT molecular complexity index is 1020. The van der Waals surface area contributed by atoms with Crippen molar-refractivity contribution in [3.05, 3.63) is 59.7 Å². The maximum Gasteiger partial charge on any atom is 0.335 e. The van der Waals surface area contributed by atoms with Crippen molar-refractivity contribution in [2.75, 3.05) is 29.5 Å². The lowest BCUT2D eigenvalue weighted by Crippen LogP contribution is -2.54. The van der Waals surface area contributed by atoms with Gasteiger partial charge in [0.2, 0.25) is 0 Å². The number of rotatable bonds is 5. The lowest BCUT2D eigenvalue weighted by molar-refractivity contribution is -0.122. The monoisotopic (exact) mass is 419 g/mol. The molecule has 4 rings (SSSR count). The molecule has 0 saturated carbocycles. The SMILES string of the molecule is CCOc1cccc(N2C(=O)NC(=O)/C(=C/c3ccc(N4CCCCC4)cc3)C2=O)c1. The highest BCUT2D eigenvalue weighted by atomic mass is 16.5. The van der Waals surface area contributed by atoms with E-state index in [1.54, 1.807) is 24.3 Å². The van der Waals surface area contributed by atoms with Crippen LogP contribution in [0.25, 0.3) is 6.08 Å². The van der Waals surface area contributed by atoms with Gasteiger partial charge in [0, 0.05) is 24.8 Å². The van der Waals surface area contributed by atoms with Crippen LogP contribution in [-0.2, 0) is 9.59 Å². The number of nitrogens with zero attached hydrogens (tertiary/aromatic N) is 2. The van der Waals surface area contributed by atoms with E-state index in [-0.39, 0.29) is 5.57 Å². The molecule has 0 spiro atoms. The van der Waals surface area contributed by atoms with E-state index in [9.17, 15) is 14.4 Å². The number of piperidine rings is 1. The van der Waals surface area contributed by atoms with Gasteiger partial charge >= 0.3 is 6.03 Å². The van der Waals surface area contributed by atoms with Crippen LogP contribution in [0.1, 0.15) is 31.7 Å². The number of carbonyl (C=O) groups excluding carboxylic acids is 3. The summed E-state index contributed by atoms with van der Waals surface area (Å²) >= 11 is 0. The van der Waals surface area contributed by atoms with Crippen LogP contribution in [0.2, 0.25) is 0 Å². The van der Waals surface area contributed by atoms with Crippen LogP contribution in [0.3, 0.4) is 0 Å². The van der Waals surface area contributed by atoms with Gasteiger partial charge in [-0.25, -0.2) is 9.69 Å². The molecule has 0 radical (unpaired) electrons. The number of nitrogens with one attached hydrogen (secondary N) is 1. The molecule has 2 aliphatic heterocycles. The summed E-state index contributed by atoms with van der Waals surface area (Å²) in [5.41, 5.74) is 2.10. The number of urea groups is 1. The topological polar surface area (TPSA) is 79.0 Å². The van der Waals surface area contributed by atoms with Crippen LogP contribution in [-0.4, -0.2) is 37.5 Å². The highest BCUT2D eigenvalue weighted by Crippen LogP contribution is 2.26. The molecule has 7 nitrogen and oxygen atoms in total. The zero-order chi connectivity index (χ0) is 21.8. The summed E-state index contributed by atoms with van der Waals surface area (Å²) < 4.78 is 5.46. The summed E-state index contributed by atoms with van der Waals surface area (Å²) in [6.07, 6.45) is 5.16. The zero-order valence-corrected chi connectivity index (χ0v) is 17.5. The molecule has 1 N–H and O–H groups in total. The summed E-state index contributed by atoms with van der Waals surface area (Å²) in [5.74, 6) is -0.828. The van der Waals surface area contributed by atoms with E-state index in [0.29, 0.717) is 18.0 Å². The van der Waals surface area contributed by atoms with E-state index in [1.807, 2.05) is 31.2 Å². The second-order valence-corrected chi connectivity index (χ2v) is 7.53. The second-order valence-electron chi connectivity index (χ2n) is 7.53. The highest BCUT2D eigenvalue weighted by molar-refractivity contribution is 6.39. The van der Waals surface area contributed by atoms with Crippen LogP contribution < -0.4 is 19.9 Å². The Morgan fingerprint density at radius 3 is 2.42 bits per heavy atom. The largest absolute Gasteiger partial charge is 0.494 e. The van der Waals surface area contributed by atoms with E-state index in [4.69, 9.17) is 4.74 Å². The Morgan fingerprint density at radius 2 is 1.71 bits per heavy atom. The van der Waals surface area contributed by atoms with Crippen molar-refractivity contribution in [3.63, 3.8) is 0 Å². The predicted octanol–water partition coefficient (Wildman–Crippen LogP) is 3.74. The van der Waals surface area contributed by atoms with Gasteiger partial charge in [0.05, 0.1) is 12.3 Å².